The maximum atomic E-state index is 13.1. The van der Waals surface area contributed by atoms with Crippen molar-refractivity contribution in [3.05, 3.63) is 35.4 Å². The van der Waals surface area contributed by atoms with Gasteiger partial charge in [0.25, 0.3) is 5.91 Å². The molecule has 1 aliphatic carbocycles. The molecule has 3 amide bonds. The van der Waals surface area contributed by atoms with Crippen LogP contribution in [0.3, 0.4) is 0 Å². The van der Waals surface area contributed by atoms with Gasteiger partial charge in [0.05, 0.1) is 0 Å². The van der Waals surface area contributed by atoms with Crippen LogP contribution in [-0.4, -0.2) is 28.9 Å². The Hall–Kier alpha value is -1.98. The molecular weight excluding hydrogens is 278 g/mol. The van der Waals surface area contributed by atoms with Gasteiger partial charge in [0.15, 0.2) is 11.6 Å². The zero-order chi connectivity index (χ0) is 15.0. The highest BCUT2D eigenvalue weighted by atomic mass is 19.2. The first-order valence-corrected chi connectivity index (χ1v) is 7.10. The number of halogens is 2. The summed E-state index contributed by atoms with van der Waals surface area (Å²) >= 11 is 0. The van der Waals surface area contributed by atoms with Crippen molar-refractivity contribution in [2.45, 2.75) is 37.6 Å². The highest BCUT2D eigenvalue weighted by Gasteiger charge is 2.51. The summed E-state index contributed by atoms with van der Waals surface area (Å²) < 4.78 is 26.0. The topological polar surface area (TPSA) is 49.4 Å². The van der Waals surface area contributed by atoms with Crippen molar-refractivity contribution in [2.75, 3.05) is 6.54 Å². The lowest BCUT2D eigenvalue weighted by atomic mass is 9.98. The van der Waals surface area contributed by atoms with E-state index in [0.717, 1.165) is 25.0 Å². The van der Waals surface area contributed by atoms with Gasteiger partial charge in [-0.05, 0) is 37.0 Å². The zero-order valence-corrected chi connectivity index (χ0v) is 11.5. The number of imide groups is 1. The number of carbonyl (C=O) groups is 2. The number of nitrogens with one attached hydrogen (secondary N) is 1. The molecule has 0 radical (unpaired) electrons. The van der Waals surface area contributed by atoms with Crippen LogP contribution in [0.1, 0.15) is 31.2 Å². The van der Waals surface area contributed by atoms with Crippen molar-refractivity contribution >= 4 is 11.9 Å². The summed E-state index contributed by atoms with van der Waals surface area (Å²) in [6.45, 7) is 0.178. The SMILES string of the molecule is O=C1NC2(CCCC2)C(=O)N1CCc1ccc(F)c(F)c1. The van der Waals surface area contributed by atoms with E-state index in [1.54, 1.807) is 0 Å². The second kappa shape index (κ2) is 5.09. The minimum atomic E-state index is -0.919. The van der Waals surface area contributed by atoms with Gasteiger partial charge in [-0.25, -0.2) is 13.6 Å². The normalized spacial score (nSPS) is 20.4. The second-order valence-corrected chi connectivity index (χ2v) is 5.67. The van der Waals surface area contributed by atoms with E-state index in [2.05, 4.69) is 5.32 Å². The maximum Gasteiger partial charge on any atom is 0.325 e. The van der Waals surface area contributed by atoms with E-state index < -0.39 is 17.2 Å². The molecule has 1 saturated heterocycles. The Labute approximate surface area is 121 Å². The lowest BCUT2D eigenvalue weighted by molar-refractivity contribution is -0.131. The Balaban J connectivity index is 1.69. The molecule has 112 valence electrons. The molecule has 1 heterocycles. The quantitative estimate of drug-likeness (QED) is 0.870. The van der Waals surface area contributed by atoms with Crippen LogP contribution in [0.25, 0.3) is 0 Å². The van der Waals surface area contributed by atoms with E-state index in [1.807, 2.05) is 0 Å². The van der Waals surface area contributed by atoms with Crippen LogP contribution >= 0.6 is 0 Å². The van der Waals surface area contributed by atoms with E-state index in [0.29, 0.717) is 24.8 Å². The Morgan fingerprint density at radius 2 is 1.86 bits per heavy atom. The molecule has 1 aliphatic heterocycles. The van der Waals surface area contributed by atoms with Gasteiger partial charge in [-0.3, -0.25) is 9.69 Å². The molecule has 1 aromatic carbocycles. The van der Waals surface area contributed by atoms with Crippen LogP contribution in [0.15, 0.2) is 18.2 Å². The third-order valence-electron chi connectivity index (χ3n) is 4.31. The Kier molecular flexibility index (Phi) is 3.39. The van der Waals surface area contributed by atoms with Crippen molar-refractivity contribution < 1.29 is 18.4 Å². The van der Waals surface area contributed by atoms with Crippen LogP contribution in [0.4, 0.5) is 13.6 Å². The fraction of sp³-hybridized carbons (Fsp3) is 0.467. The van der Waals surface area contributed by atoms with E-state index in [1.165, 1.54) is 11.0 Å². The summed E-state index contributed by atoms with van der Waals surface area (Å²) in [6.07, 6.45) is 3.54. The largest absolute Gasteiger partial charge is 0.325 e. The van der Waals surface area contributed by atoms with Gasteiger partial charge in [0.2, 0.25) is 0 Å². The number of amides is 3. The lowest BCUT2D eigenvalue weighted by Crippen LogP contribution is -2.44. The van der Waals surface area contributed by atoms with E-state index in [-0.39, 0.29) is 18.5 Å². The van der Waals surface area contributed by atoms with E-state index in [4.69, 9.17) is 0 Å². The number of nitrogens with zero attached hydrogens (tertiary/aromatic N) is 1. The van der Waals surface area contributed by atoms with Gasteiger partial charge >= 0.3 is 6.03 Å². The van der Waals surface area contributed by atoms with Gasteiger partial charge in [0.1, 0.15) is 5.54 Å². The number of carbonyl (C=O) groups excluding carboxylic acids is 2. The lowest BCUT2D eigenvalue weighted by Gasteiger charge is -2.20. The third-order valence-corrected chi connectivity index (χ3v) is 4.31. The van der Waals surface area contributed by atoms with Gasteiger partial charge in [-0.2, -0.15) is 0 Å². The number of hydrogen-bond acceptors (Lipinski definition) is 2. The Morgan fingerprint density at radius 1 is 1.14 bits per heavy atom. The molecule has 2 aliphatic rings. The molecule has 1 N–H and O–H groups in total. The first-order chi connectivity index (χ1) is 10.0. The van der Waals surface area contributed by atoms with Crippen LogP contribution in [0, 0.1) is 11.6 Å². The number of benzene rings is 1. The Morgan fingerprint density at radius 3 is 2.52 bits per heavy atom. The van der Waals surface area contributed by atoms with Gasteiger partial charge in [-0.15, -0.1) is 0 Å². The molecule has 2 fully saturated rings. The average Bonchev–Trinajstić information content (AvgIpc) is 3.00. The van der Waals surface area contributed by atoms with Crippen LogP contribution in [0.5, 0.6) is 0 Å². The van der Waals surface area contributed by atoms with E-state index in [9.17, 15) is 18.4 Å². The molecule has 0 atom stereocenters. The Bertz CT molecular complexity index is 597. The minimum absolute atomic E-state index is 0.178. The fourth-order valence-electron chi connectivity index (χ4n) is 3.13. The molecule has 0 bridgehead atoms. The standard InChI is InChI=1S/C15H16F2N2O2/c16-11-4-3-10(9-12(11)17)5-8-19-13(20)15(18-14(19)21)6-1-2-7-15/h3-4,9H,1-2,5-8H2,(H,18,21). The summed E-state index contributed by atoms with van der Waals surface area (Å²) in [4.78, 5) is 25.5. The molecular formula is C15H16F2N2O2. The highest BCUT2D eigenvalue weighted by Crippen LogP contribution is 2.35. The summed E-state index contributed by atoms with van der Waals surface area (Å²) in [5.41, 5.74) is -0.160. The summed E-state index contributed by atoms with van der Waals surface area (Å²) in [7, 11) is 0. The fourth-order valence-corrected chi connectivity index (χ4v) is 3.13. The summed E-state index contributed by atoms with van der Waals surface area (Å²) in [6, 6.07) is 3.22. The molecule has 3 rings (SSSR count). The van der Waals surface area contributed by atoms with Crippen molar-refractivity contribution in [1.82, 2.24) is 10.2 Å². The van der Waals surface area contributed by atoms with E-state index >= 15 is 0 Å². The van der Waals surface area contributed by atoms with Crippen molar-refractivity contribution in [2.24, 2.45) is 0 Å². The molecule has 1 spiro atoms. The predicted molar refractivity (Wildman–Crippen MR) is 71.5 cm³/mol. The maximum absolute atomic E-state index is 13.1. The molecule has 0 unspecified atom stereocenters. The number of urea groups is 1. The monoisotopic (exact) mass is 294 g/mol. The molecule has 6 heteroatoms. The van der Waals surface area contributed by atoms with Gasteiger partial charge < -0.3 is 5.32 Å². The number of rotatable bonds is 3. The molecule has 21 heavy (non-hydrogen) atoms. The first-order valence-electron chi connectivity index (χ1n) is 7.10. The minimum Gasteiger partial charge on any atom is -0.323 e. The summed E-state index contributed by atoms with van der Waals surface area (Å²) in [5.74, 6) is -2.01. The van der Waals surface area contributed by atoms with Crippen molar-refractivity contribution in [1.29, 1.82) is 0 Å². The van der Waals surface area contributed by atoms with Crippen LogP contribution < -0.4 is 5.32 Å². The third kappa shape index (κ3) is 2.39. The molecule has 1 aromatic rings. The molecule has 0 aromatic heterocycles. The smallest absolute Gasteiger partial charge is 0.323 e. The second-order valence-electron chi connectivity index (χ2n) is 5.67. The molecule has 1 saturated carbocycles. The van der Waals surface area contributed by atoms with Crippen molar-refractivity contribution in [3.8, 4) is 0 Å². The van der Waals surface area contributed by atoms with Crippen LogP contribution in [0.2, 0.25) is 0 Å². The van der Waals surface area contributed by atoms with Gasteiger partial charge in [-0.1, -0.05) is 18.9 Å². The van der Waals surface area contributed by atoms with Crippen LogP contribution in [-0.2, 0) is 11.2 Å². The van der Waals surface area contributed by atoms with Gasteiger partial charge in [0, 0.05) is 6.54 Å². The molecule has 4 nitrogen and oxygen atoms in total. The predicted octanol–water partition coefficient (Wildman–Crippen LogP) is 2.37. The average molecular weight is 294 g/mol. The number of hydrogen-bond donors (Lipinski definition) is 1. The zero-order valence-electron chi connectivity index (χ0n) is 11.5. The highest BCUT2D eigenvalue weighted by molar-refractivity contribution is 6.07. The summed E-state index contributed by atoms with van der Waals surface area (Å²) in [5, 5.41) is 2.79. The first kappa shape index (κ1) is 14.0. The van der Waals surface area contributed by atoms with Crippen molar-refractivity contribution in [3.63, 3.8) is 0 Å².